The molecule has 0 bridgehead atoms. The molecule has 0 unspecified atom stereocenters. The third-order valence-corrected chi connectivity index (χ3v) is 5.08. The summed E-state index contributed by atoms with van der Waals surface area (Å²) in [6.07, 6.45) is 2.74. The van der Waals surface area contributed by atoms with Crippen molar-refractivity contribution in [2.75, 3.05) is 19.5 Å². The predicted octanol–water partition coefficient (Wildman–Crippen LogP) is 4.65. The highest BCUT2D eigenvalue weighted by Gasteiger charge is 2.24. The van der Waals surface area contributed by atoms with Gasteiger partial charge in [-0.3, -0.25) is 9.78 Å². The van der Waals surface area contributed by atoms with Crippen LogP contribution in [0.2, 0.25) is 5.02 Å². The molecule has 3 aromatic rings. The quantitative estimate of drug-likeness (QED) is 0.713. The molecule has 1 heterocycles. The number of fused-ring (bicyclic) bond motifs is 2. The first-order chi connectivity index (χ1) is 13.1. The normalized spacial score (nSPS) is 12.7. The topological polar surface area (TPSA) is 60.5 Å². The van der Waals surface area contributed by atoms with Gasteiger partial charge in [0.25, 0.3) is 5.91 Å². The van der Waals surface area contributed by atoms with Gasteiger partial charge in [0.1, 0.15) is 0 Å². The van der Waals surface area contributed by atoms with Gasteiger partial charge in [-0.1, -0.05) is 11.6 Å². The Morgan fingerprint density at radius 1 is 1.07 bits per heavy atom. The minimum atomic E-state index is -0.171. The number of aromatic nitrogens is 1. The van der Waals surface area contributed by atoms with Gasteiger partial charge >= 0.3 is 0 Å². The van der Waals surface area contributed by atoms with Gasteiger partial charge in [-0.2, -0.15) is 0 Å². The van der Waals surface area contributed by atoms with Gasteiger partial charge in [-0.15, -0.1) is 0 Å². The van der Waals surface area contributed by atoms with Crippen LogP contribution in [-0.2, 0) is 12.8 Å². The first kappa shape index (κ1) is 17.6. The summed E-state index contributed by atoms with van der Waals surface area (Å²) in [6.45, 7) is 0. The van der Waals surface area contributed by atoms with Crippen LogP contribution in [0.25, 0.3) is 10.9 Å². The molecule has 0 atom stereocenters. The number of hydrogen-bond donors (Lipinski definition) is 1. The number of nitrogens with zero attached hydrogens (tertiary/aromatic N) is 1. The molecule has 5 nitrogen and oxygen atoms in total. The highest BCUT2D eigenvalue weighted by molar-refractivity contribution is 6.31. The van der Waals surface area contributed by atoms with Crippen molar-refractivity contribution in [1.82, 2.24) is 4.98 Å². The highest BCUT2D eigenvalue weighted by Crippen LogP contribution is 2.33. The molecule has 0 radical (unpaired) electrons. The molecular formula is C21H19ClN2O3. The van der Waals surface area contributed by atoms with E-state index >= 15 is 0 Å². The maximum absolute atomic E-state index is 13.2. The number of carbonyl (C=O) groups excluding carboxylic acids is 1. The Balaban J connectivity index is 1.78. The van der Waals surface area contributed by atoms with Crippen molar-refractivity contribution in [3.63, 3.8) is 0 Å². The van der Waals surface area contributed by atoms with Gasteiger partial charge in [0.2, 0.25) is 0 Å². The van der Waals surface area contributed by atoms with Crippen LogP contribution in [0.1, 0.15) is 28.0 Å². The lowest BCUT2D eigenvalue weighted by molar-refractivity contribution is 0.102. The fourth-order valence-corrected chi connectivity index (χ4v) is 3.77. The summed E-state index contributed by atoms with van der Waals surface area (Å²) in [5.74, 6) is 0.996. The maximum Gasteiger partial charge on any atom is 0.256 e. The summed E-state index contributed by atoms with van der Waals surface area (Å²) in [5, 5.41) is 4.34. The average molecular weight is 383 g/mol. The molecule has 4 rings (SSSR count). The molecule has 1 aliphatic carbocycles. The number of methoxy groups -OCH3 is 2. The highest BCUT2D eigenvalue weighted by atomic mass is 35.5. The van der Waals surface area contributed by atoms with E-state index in [0.717, 1.165) is 41.4 Å². The summed E-state index contributed by atoms with van der Waals surface area (Å²) in [5.41, 5.74) is 4.10. The van der Waals surface area contributed by atoms with E-state index in [2.05, 4.69) is 5.32 Å². The summed E-state index contributed by atoms with van der Waals surface area (Å²) in [7, 11) is 3.14. The molecule has 0 saturated heterocycles. The molecule has 1 N–H and O–H groups in total. The van der Waals surface area contributed by atoms with Gasteiger partial charge in [0.05, 0.1) is 25.3 Å². The van der Waals surface area contributed by atoms with Crippen molar-refractivity contribution in [1.29, 1.82) is 0 Å². The van der Waals surface area contributed by atoms with Crippen LogP contribution in [0.5, 0.6) is 11.5 Å². The Kier molecular flexibility index (Phi) is 4.62. The molecule has 0 aliphatic heterocycles. The fraction of sp³-hybridized carbons (Fsp3) is 0.238. The number of pyridine rings is 1. The van der Waals surface area contributed by atoms with Gasteiger partial charge in [-0.25, -0.2) is 0 Å². The second kappa shape index (κ2) is 7.08. The minimum absolute atomic E-state index is 0.171. The van der Waals surface area contributed by atoms with Crippen LogP contribution in [0.4, 0.5) is 5.69 Å². The lowest BCUT2D eigenvalue weighted by Gasteiger charge is -2.14. The molecule has 2 aromatic carbocycles. The third kappa shape index (κ3) is 3.19. The number of rotatable bonds is 4. The zero-order valence-corrected chi connectivity index (χ0v) is 15.9. The number of hydrogen-bond acceptors (Lipinski definition) is 4. The second-order valence-electron chi connectivity index (χ2n) is 6.45. The first-order valence-corrected chi connectivity index (χ1v) is 9.13. The van der Waals surface area contributed by atoms with E-state index in [1.807, 2.05) is 12.1 Å². The van der Waals surface area contributed by atoms with E-state index < -0.39 is 0 Å². The van der Waals surface area contributed by atoms with Crippen molar-refractivity contribution < 1.29 is 14.3 Å². The minimum Gasteiger partial charge on any atom is -0.493 e. The summed E-state index contributed by atoms with van der Waals surface area (Å²) in [4.78, 5) is 17.9. The van der Waals surface area contributed by atoms with E-state index in [-0.39, 0.29) is 5.91 Å². The molecule has 1 amide bonds. The van der Waals surface area contributed by atoms with Crippen LogP contribution in [0.3, 0.4) is 0 Å². The molecule has 1 aromatic heterocycles. The van der Waals surface area contributed by atoms with Gasteiger partial charge in [-0.05, 0) is 55.2 Å². The summed E-state index contributed by atoms with van der Waals surface area (Å²) < 4.78 is 10.6. The molecule has 6 heteroatoms. The second-order valence-corrected chi connectivity index (χ2v) is 6.89. The van der Waals surface area contributed by atoms with E-state index in [1.54, 1.807) is 38.5 Å². The monoisotopic (exact) mass is 382 g/mol. The molecule has 0 spiro atoms. The Labute approximate surface area is 162 Å². The first-order valence-electron chi connectivity index (χ1n) is 8.75. The summed E-state index contributed by atoms with van der Waals surface area (Å²) >= 11 is 6.19. The molecule has 27 heavy (non-hydrogen) atoms. The van der Waals surface area contributed by atoms with Crippen molar-refractivity contribution in [2.45, 2.75) is 19.3 Å². The van der Waals surface area contributed by atoms with Crippen LogP contribution in [-0.4, -0.2) is 25.1 Å². The lowest BCUT2D eigenvalue weighted by atomic mass is 10.0. The van der Waals surface area contributed by atoms with Crippen LogP contribution in [0, 0.1) is 0 Å². The standard InChI is InChI=1S/C21H19ClN2O3/c1-26-18-9-7-13(11-19(18)27-2)23-21(25)20-14-4-3-5-16(14)24-17-8-6-12(22)10-15(17)20/h6-11H,3-5H2,1-2H3,(H,23,25). The van der Waals surface area contributed by atoms with Gasteiger partial charge in [0, 0.05) is 27.9 Å². The molecule has 0 saturated carbocycles. The van der Waals surface area contributed by atoms with Crippen molar-refractivity contribution in [3.8, 4) is 11.5 Å². The van der Waals surface area contributed by atoms with Crippen molar-refractivity contribution >= 4 is 34.1 Å². The van der Waals surface area contributed by atoms with Crippen molar-refractivity contribution in [2.24, 2.45) is 0 Å². The molecular weight excluding hydrogens is 364 g/mol. The molecule has 1 aliphatic rings. The largest absolute Gasteiger partial charge is 0.493 e. The van der Waals surface area contributed by atoms with Crippen molar-refractivity contribution in [3.05, 3.63) is 58.2 Å². The number of ether oxygens (including phenoxy) is 2. The Bertz CT molecular complexity index is 1050. The Morgan fingerprint density at radius 2 is 1.89 bits per heavy atom. The Morgan fingerprint density at radius 3 is 2.67 bits per heavy atom. The number of nitrogens with one attached hydrogen (secondary N) is 1. The number of anilines is 1. The lowest BCUT2D eigenvalue weighted by Crippen LogP contribution is -2.16. The van der Waals surface area contributed by atoms with Gasteiger partial charge in [0.15, 0.2) is 11.5 Å². The predicted molar refractivity (Wildman–Crippen MR) is 106 cm³/mol. The van der Waals surface area contributed by atoms with E-state index in [0.29, 0.717) is 27.8 Å². The fourth-order valence-electron chi connectivity index (χ4n) is 3.60. The SMILES string of the molecule is COc1ccc(NC(=O)c2c3c(nc4ccc(Cl)cc24)CCC3)cc1OC. The number of aryl methyl sites for hydroxylation is 1. The van der Waals surface area contributed by atoms with Crippen LogP contribution in [0.15, 0.2) is 36.4 Å². The number of halogens is 1. The number of amides is 1. The zero-order valence-electron chi connectivity index (χ0n) is 15.1. The molecule has 138 valence electrons. The van der Waals surface area contributed by atoms with E-state index in [9.17, 15) is 4.79 Å². The maximum atomic E-state index is 13.2. The number of carbonyl (C=O) groups is 1. The van der Waals surface area contributed by atoms with E-state index in [1.165, 1.54) is 0 Å². The van der Waals surface area contributed by atoms with Gasteiger partial charge < -0.3 is 14.8 Å². The zero-order chi connectivity index (χ0) is 19.0. The van der Waals surface area contributed by atoms with E-state index in [4.69, 9.17) is 26.1 Å². The average Bonchev–Trinajstić information content (AvgIpc) is 3.13. The third-order valence-electron chi connectivity index (χ3n) is 4.84. The smallest absolute Gasteiger partial charge is 0.256 e. The summed E-state index contributed by atoms with van der Waals surface area (Å²) in [6, 6.07) is 10.8. The number of benzene rings is 2. The molecule has 0 fully saturated rings. The van der Waals surface area contributed by atoms with Crippen LogP contribution < -0.4 is 14.8 Å². The Hall–Kier alpha value is -2.79. The van der Waals surface area contributed by atoms with Crippen LogP contribution >= 0.6 is 11.6 Å².